The van der Waals surface area contributed by atoms with Crippen molar-refractivity contribution in [2.45, 2.75) is 81.7 Å². The van der Waals surface area contributed by atoms with Gasteiger partial charge in [0.25, 0.3) is 0 Å². The first-order valence-electron chi connectivity index (χ1n) is 9.82. The van der Waals surface area contributed by atoms with Gasteiger partial charge in [-0.25, -0.2) is 4.79 Å². The third kappa shape index (κ3) is 3.52. The Morgan fingerprint density at radius 3 is 2.68 bits per heavy atom. The number of piperidine rings is 1. The van der Waals surface area contributed by atoms with Crippen LogP contribution in [0, 0.1) is 0 Å². The molecule has 25 heavy (non-hydrogen) atoms. The Kier molecular flexibility index (Phi) is 4.67. The molecule has 0 radical (unpaired) electrons. The minimum atomic E-state index is -0.421. The predicted octanol–water partition coefficient (Wildman–Crippen LogP) is 2.63. The van der Waals surface area contributed by atoms with E-state index in [1.165, 1.54) is 12.8 Å². The molecule has 2 heterocycles. The van der Waals surface area contributed by atoms with E-state index < -0.39 is 5.54 Å². The molecule has 2 amide bonds. The number of nitrogens with two attached hydrogens (primary N) is 1. The predicted molar refractivity (Wildman–Crippen MR) is 93.0 cm³/mol. The van der Waals surface area contributed by atoms with Crippen LogP contribution in [0.3, 0.4) is 0 Å². The van der Waals surface area contributed by atoms with Crippen molar-refractivity contribution < 1.29 is 9.32 Å². The zero-order chi connectivity index (χ0) is 17.3. The van der Waals surface area contributed by atoms with Crippen LogP contribution in [0.15, 0.2) is 4.52 Å². The van der Waals surface area contributed by atoms with Crippen molar-refractivity contribution in [3.05, 3.63) is 11.7 Å². The van der Waals surface area contributed by atoms with Crippen LogP contribution in [0.1, 0.15) is 81.8 Å². The number of urea groups is 1. The van der Waals surface area contributed by atoms with Crippen LogP contribution < -0.4 is 11.1 Å². The second-order valence-corrected chi connectivity index (χ2v) is 8.04. The summed E-state index contributed by atoms with van der Waals surface area (Å²) in [5.74, 6) is 1.41. The van der Waals surface area contributed by atoms with Gasteiger partial charge in [0.1, 0.15) is 0 Å². The SMILES string of the molecule is NC1(c2noc(C3CCCN(C(=O)NC4CCCC4)C3)n2)CCCC1. The number of hydrogen-bond acceptors (Lipinski definition) is 5. The summed E-state index contributed by atoms with van der Waals surface area (Å²) in [6.07, 6.45) is 10.7. The second-order valence-electron chi connectivity index (χ2n) is 8.04. The number of nitrogens with one attached hydrogen (secondary N) is 1. The molecule has 3 aliphatic rings. The summed E-state index contributed by atoms with van der Waals surface area (Å²) >= 11 is 0. The van der Waals surface area contributed by atoms with Crippen molar-refractivity contribution in [1.29, 1.82) is 0 Å². The Hall–Kier alpha value is -1.63. The highest BCUT2D eigenvalue weighted by Gasteiger charge is 2.37. The van der Waals surface area contributed by atoms with Crippen LogP contribution in [-0.2, 0) is 5.54 Å². The third-order valence-electron chi connectivity index (χ3n) is 6.12. The number of amides is 2. The zero-order valence-corrected chi connectivity index (χ0v) is 14.9. The molecule has 1 atom stereocenters. The second kappa shape index (κ2) is 6.94. The fourth-order valence-corrected chi connectivity index (χ4v) is 4.53. The van der Waals surface area contributed by atoms with Crippen molar-refractivity contribution in [2.75, 3.05) is 13.1 Å². The molecule has 3 fully saturated rings. The smallest absolute Gasteiger partial charge is 0.317 e. The van der Waals surface area contributed by atoms with E-state index in [0.717, 1.165) is 57.9 Å². The third-order valence-corrected chi connectivity index (χ3v) is 6.12. The molecule has 7 heteroatoms. The van der Waals surface area contributed by atoms with Gasteiger partial charge >= 0.3 is 6.03 Å². The van der Waals surface area contributed by atoms with Crippen molar-refractivity contribution in [3.8, 4) is 0 Å². The maximum Gasteiger partial charge on any atom is 0.317 e. The first kappa shape index (κ1) is 16.8. The first-order valence-corrected chi connectivity index (χ1v) is 9.82. The number of aromatic nitrogens is 2. The molecule has 0 bridgehead atoms. The molecule has 138 valence electrons. The monoisotopic (exact) mass is 347 g/mol. The van der Waals surface area contributed by atoms with Crippen LogP contribution in [0.5, 0.6) is 0 Å². The molecule has 1 aliphatic heterocycles. The van der Waals surface area contributed by atoms with E-state index in [0.29, 0.717) is 24.3 Å². The zero-order valence-electron chi connectivity index (χ0n) is 14.9. The maximum atomic E-state index is 12.5. The fraction of sp³-hybridized carbons (Fsp3) is 0.833. The highest BCUT2D eigenvalue weighted by Crippen LogP contribution is 2.36. The van der Waals surface area contributed by atoms with Crippen molar-refractivity contribution in [1.82, 2.24) is 20.4 Å². The number of carbonyl (C=O) groups is 1. The Balaban J connectivity index is 1.39. The summed E-state index contributed by atoms with van der Waals surface area (Å²) < 4.78 is 5.54. The van der Waals surface area contributed by atoms with Gasteiger partial charge in [0.15, 0.2) is 5.82 Å². The number of carbonyl (C=O) groups excluding carboxylic acids is 1. The maximum absolute atomic E-state index is 12.5. The number of nitrogens with zero attached hydrogens (tertiary/aromatic N) is 3. The lowest BCUT2D eigenvalue weighted by atomic mass is 9.97. The van der Waals surface area contributed by atoms with Gasteiger partial charge in [-0.3, -0.25) is 0 Å². The summed E-state index contributed by atoms with van der Waals surface area (Å²) in [6, 6.07) is 0.407. The van der Waals surface area contributed by atoms with Crippen LogP contribution in [0.4, 0.5) is 4.79 Å². The summed E-state index contributed by atoms with van der Waals surface area (Å²) in [4.78, 5) is 19.1. The molecule has 4 rings (SSSR count). The Labute approximate surface area is 148 Å². The van der Waals surface area contributed by atoms with Crippen molar-refractivity contribution in [2.24, 2.45) is 5.73 Å². The van der Waals surface area contributed by atoms with E-state index in [2.05, 4.69) is 15.5 Å². The lowest BCUT2D eigenvalue weighted by molar-refractivity contribution is 0.168. The van der Waals surface area contributed by atoms with E-state index in [4.69, 9.17) is 10.3 Å². The summed E-state index contributed by atoms with van der Waals surface area (Å²) in [5.41, 5.74) is 6.01. The fourth-order valence-electron chi connectivity index (χ4n) is 4.53. The lowest BCUT2D eigenvalue weighted by Crippen LogP contribution is -2.47. The lowest BCUT2D eigenvalue weighted by Gasteiger charge is -2.32. The Bertz CT molecular complexity index is 604. The Morgan fingerprint density at radius 2 is 1.92 bits per heavy atom. The number of likely N-dealkylation sites (tertiary alicyclic amines) is 1. The van der Waals surface area contributed by atoms with E-state index >= 15 is 0 Å². The van der Waals surface area contributed by atoms with Gasteiger partial charge in [-0.1, -0.05) is 30.8 Å². The normalized spacial score (nSPS) is 26.9. The summed E-state index contributed by atoms with van der Waals surface area (Å²) in [6.45, 7) is 1.45. The van der Waals surface area contributed by atoms with Gasteiger partial charge in [0.2, 0.25) is 5.89 Å². The molecule has 1 saturated heterocycles. The molecule has 2 aliphatic carbocycles. The van der Waals surface area contributed by atoms with Gasteiger partial charge in [-0.05, 0) is 38.5 Å². The minimum Gasteiger partial charge on any atom is -0.339 e. The molecule has 1 unspecified atom stereocenters. The molecular weight excluding hydrogens is 318 g/mol. The van der Waals surface area contributed by atoms with Gasteiger partial charge in [0, 0.05) is 19.1 Å². The average Bonchev–Trinajstić information content (AvgIpc) is 3.37. The van der Waals surface area contributed by atoms with E-state index in [1.54, 1.807) is 0 Å². The highest BCUT2D eigenvalue weighted by molar-refractivity contribution is 5.74. The molecule has 7 nitrogen and oxygen atoms in total. The van der Waals surface area contributed by atoms with Crippen molar-refractivity contribution >= 4 is 6.03 Å². The topological polar surface area (TPSA) is 97.3 Å². The van der Waals surface area contributed by atoms with Gasteiger partial charge in [-0.15, -0.1) is 0 Å². The largest absolute Gasteiger partial charge is 0.339 e. The summed E-state index contributed by atoms with van der Waals surface area (Å²) in [7, 11) is 0. The van der Waals surface area contributed by atoms with Gasteiger partial charge in [-0.2, -0.15) is 4.98 Å². The quantitative estimate of drug-likeness (QED) is 0.876. The first-order chi connectivity index (χ1) is 12.1. The number of hydrogen-bond donors (Lipinski definition) is 2. The van der Waals surface area contributed by atoms with Crippen LogP contribution in [-0.4, -0.2) is 40.2 Å². The van der Waals surface area contributed by atoms with E-state index in [9.17, 15) is 4.79 Å². The molecule has 2 saturated carbocycles. The molecule has 3 N–H and O–H groups in total. The van der Waals surface area contributed by atoms with E-state index in [1.807, 2.05) is 4.90 Å². The molecule has 0 spiro atoms. The van der Waals surface area contributed by atoms with Crippen LogP contribution in [0.2, 0.25) is 0 Å². The van der Waals surface area contributed by atoms with Gasteiger partial charge in [0.05, 0.1) is 11.5 Å². The van der Waals surface area contributed by atoms with E-state index in [-0.39, 0.29) is 11.9 Å². The standard InChI is InChI=1S/C18H29N5O2/c19-18(9-3-4-10-18)16-21-15(25-22-16)13-6-5-11-23(12-13)17(24)20-14-7-1-2-8-14/h13-14H,1-12,19H2,(H,20,24). The van der Waals surface area contributed by atoms with Crippen LogP contribution >= 0.6 is 0 Å². The van der Waals surface area contributed by atoms with Crippen LogP contribution in [0.25, 0.3) is 0 Å². The molecule has 1 aromatic rings. The molecule has 0 aromatic carbocycles. The number of rotatable bonds is 3. The molecule has 1 aromatic heterocycles. The highest BCUT2D eigenvalue weighted by atomic mass is 16.5. The average molecular weight is 347 g/mol. The summed E-state index contributed by atoms with van der Waals surface area (Å²) in [5, 5.41) is 7.34. The Morgan fingerprint density at radius 1 is 1.16 bits per heavy atom. The van der Waals surface area contributed by atoms with Crippen molar-refractivity contribution in [3.63, 3.8) is 0 Å². The minimum absolute atomic E-state index is 0.0578. The van der Waals surface area contributed by atoms with Gasteiger partial charge < -0.3 is 20.5 Å². The molecular formula is C18H29N5O2.